The fraction of sp³-hybridized carbons (Fsp3) is 0.455. The molecule has 0 N–H and O–H groups in total. The number of fused-ring (bicyclic) bond motifs is 3. The molecule has 2 aromatic heterocycles. The number of hydrogen-bond acceptors (Lipinski definition) is 7. The molecule has 9 heteroatoms. The summed E-state index contributed by atoms with van der Waals surface area (Å²) in [6.07, 6.45) is 4.02. The molecule has 1 fully saturated rings. The van der Waals surface area contributed by atoms with E-state index in [9.17, 15) is 9.59 Å². The lowest BCUT2D eigenvalue weighted by molar-refractivity contribution is -0.141. The number of aromatic nitrogens is 3. The van der Waals surface area contributed by atoms with Crippen molar-refractivity contribution in [2.45, 2.75) is 31.4 Å². The number of anilines is 1. The van der Waals surface area contributed by atoms with Crippen molar-refractivity contribution >= 4 is 23.0 Å². The summed E-state index contributed by atoms with van der Waals surface area (Å²) in [4.78, 5) is 38.1. The van der Waals surface area contributed by atoms with Crippen molar-refractivity contribution in [3.8, 4) is 0 Å². The molecule has 31 heavy (non-hydrogen) atoms. The number of carbonyl (C=O) groups excluding carboxylic acids is 1. The van der Waals surface area contributed by atoms with Crippen LogP contribution in [-0.4, -0.2) is 59.1 Å². The van der Waals surface area contributed by atoms with Crippen LogP contribution in [0.1, 0.15) is 24.1 Å². The Bertz CT molecular complexity index is 1190. The molecule has 1 aromatic carbocycles. The van der Waals surface area contributed by atoms with Crippen LogP contribution in [0.4, 0.5) is 5.95 Å². The van der Waals surface area contributed by atoms with E-state index in [1.54, 1.807) is 23.1 Å². The quantitative estimate of drug-likeness (QED) is 0.631. The number of carbonyl (C=O) groups is 1. The molecule has 0 aliphatic carbocycles. The third-order valence-corrected chi connectivity index (χ3v) is 6.22. The molecule has 2 aliphatic rings. The van der Waals surface area contributed by atoms with Crippen molar-refractivity contribution in [3.63, 3.8) is 0 Å². The minimum absolute atomic E-state index is 0.0345. The molecular weight excluding hydrogens is 398 g/mol. The second kappa shape index (κ2) is 7.49. The van der Waals surface area contributed by atoms with E-state index in [1.807, 2.05) is 31.3 Å². The number of ether oxygens (including phenoxy) is 1. The van der Waals surface area contributed by atoms with E-state index in [-0.39, 0.29) is 12.5 Å². The first-order valence-electron chi connectivity index (χ1n) is 10.5. The topological polar surface area (TPSA) is 93.7 Å². The zero-order valence-corrected chi connectivity index (χ0v) is 17.7. The second-order valence-corrected chi connectivity index (χ2v) is 8.33. The van der Waals surface area contributed by atoms with E-state index >= 15 is 0 Å². The first-order valence-corrected chi connectivity index (χ1v) is 10.5. The largest absolute Gasteiger partial charge is 0.420 e. The lowest BCUT2D eigenvalue weighted by Gasteiger charge is -2.44. The maximum atomic E-state index is 13.0. The number of para-hydroxylation sites is 2. The Morgan fingerprint density at radius 1 is 1.23 bits per heavy atom. The van der Waals surface area contributed by atoms with Crippen LogP contribution in [-0.2, 0) is 28.1 Å². The van der Waals surface area contributed by atoms with E-state index in [0.717, 1.165) is 17.7 Å². The zero-order chi connectivity index (χ0) is 21.6. The van der Waals surface area contributed by atoms with Crippen molar-refractivity contribution in [1.29, 1.82) is 0 Å². The van der Waals surface area contributed by atoms with E-state index in [2.05, 4.69) is 4.98 Å². The van der Waals surface area contributed by atoms with Gasteiger partial charge in [-0.1, -0.05) is 12.1 Å². The van der Waals surface area contributed by atoms with E-state index in [4.69, 9.17) is 14.1 Å². The predicted molar refractivity (Wildman–Crippen MR) is 114 cm³/mol. The van der Waals surface area contributed by atoms with Crippen LogP contribution >= 0.6 is 0 Å². The standard InChI is InChI=1S/C22H25N5O4/c1-25(2)20-23-13-15-7-12-30-22(19(15)24-20)8-10-26(11-9-22)18(28)14-27-16-5-3-4-6-17(16)31-21(27)29/h3-6,13H,7-12,14H2,1-2H3. The maximum absolute atomic E-state index is 13.0. The summed E-state index contributed by atoms with van der Waals surface area (Å²) in [5.74, 6) is 0.0463. The van der Waals surface area contributed by atoms with Crippen LogP contribution in [0.2, 0.25) is 0 Å². The summed E-state index contributed by atoms with van der Waals surface area (Å²) < 4.78 is 12.9. The molecule has 4 heterocycles. The fourth-order valence-electron chi connectivity index (χ4n) is 4.51. The van der Waals surface area contributed by atoms with Crippen molar-refractivity contribution in [1.82, 2.24) is 19.4 Å². The number of oxazole rings is 1. The highest BCUT2D eigenvalue weighted by Crippen LogP contribution is 2.40. The predicted octanol–water partition coefficient (Wildman–Crippen LogP) is 1.54. The Morgan fingerprint density at radius 2 is 2.00 bits per heavy atom. The van der Waals surface area contributed by atoms with Gasteiger partial charge >= 0.3 is 5.76 Å². The number of piperidine rings is 1. The maximum Gasteiger partial charge on any atom is 0.420 e. The smallest absolute Gasteiger partial charge is 0.408 e. The van der Waals surface area contributed by atoms with Crippen LogP contribution in [0, 0.1) is 0 Å². The third kappa shape index (κ3) is 3.38. The van der Waals surface area contributed by atoms with Gasteiger partial charge in [0.2, 0.25) is 11.9 Å². The van der Waals surface area contributed by atoms with Crippen molar-refractivity contribution < 1.29 is 13.9 Å². The molecule has 0 saturated carbocycles. The van der Waals surface area contributed by atoms with Crippen LogP contribution in [0.5, 0.6) is 0 Å². The highest BCUT2D eigenvalue weighted by Gasteiger charge is 2.43. The summed E-state index contributed by atoms with van der Waals surface area (Å²) in [6, 6.07) is 7.14. The van der Waals surface area contributed by atoms with Gasteiger partial charge in [0, 0.05) is 33.4 Å². The molecular formula is C22H25N5O4. The number of nitrogens with zero attached hydrogens (tertiary/aromatic N) is 5. The highest BCUT2D eigenvalue weighted by molar-refractivity contribution is 5.79. The Labute approximate surface area is 179 Å². The average molecular weight is 423 g/mol. The van der Waals surface area contributed by atoms with Gasteiger partial charge in [-0.05, 0) is 37.0 Å². The van der Waals surface area contributed by atoms with E-state index in [0.29, 0.717) is 49.6 Å². The molecule has 0 atom stereocenters. The third-order valence-electron chi connectivity index (χ3n) is 6.22. The molecule has 2 aliphatic heterocycles. The van der Waals surface area contributed by atoms with Gasteiger partial charge in [-0.2, -0.15) is 0 Å². The van der Waals surface area contributed by atoms with Crippen LogP contribution in [0.25, 0.3) is 11.1 Å². The number of rotatable bonds is 3. The Balaban J connectivity index is 1.34. The second-order valence-electron chi connectivity index (χ2n) is 8.33. The average Bonchev–Trinajstić information content (AvgIpc) is 3.09. The van der Waals surface area contributed by atoms with Gasteiger partial charge in [-0.25, -0.2) is 14.8 Å². The van der Waals surface area contributed by atoms with Crippen molar-refractivity contribution in [2.24, 2.45) is 0 Å². The number of benzene rings is 1. The van der Waals surface area contributed by atoms with Gasteiger partial charge in [-0.3, -0.25) is 9.36 Å². The van der Waals surface area contributed by atoms with Crippen molar-refractivity contribution in [2.75, 3.05) is 38.7 Å². The van der Waals surface area contributed by atoms with Gasteiger partial charge in [0.1, 0.15) is 12.1 Å². The summed E-state index contributed by atoms with van der Waals surface area (Å²) in [5, 5.41) is 0. The zero-order valence-electron chi connectivity index (χ0n) is 17.7. The minimum Gasteiger partial charge on any atom is -0.408 e. The molecule has 0 unspecified atom stereocenters. The number of likely N-dealkylation sites (tertiary alicyclic amines) is 1. The van der Waals surface area contributed by atoms with Gasteiger partial charge in [-0.15, -0.1) is 0 Å². The van der Waals surface area contributed by atoms with Gasteiger partial charge in [0.05, 0.1) is 17.8 Å². The van der Waals surface area contributed by atoms with Gasteiger partial charge < -0.3 is 19.0 Å². The van der Waals surface area contributed by atoms with Crippen LogP contribution in [0.3, 0.4) is 0 Å². The Hall–Kier alpha value is -3.20. The highest BCUT2D eigenvalue weighted by atomic mass is 16.5. The molecule has 5 rings (SSSR count). The molecule has 1 spiro atoms. The molecule has 3 aromatic rings. The monoisotopic (exact) mass is 423 g/mol. The van der Waals surface area contributed by atoms with E-state index < -0.39 is 11.4 Å². The number of amides is 1. The first kappa shape index (κ1) is 19.7. The van der Waals surface area contributed by atoms with E-state index in [1.165, 1.54) is 4.57 Å². The Kier molecular flexibility index (Phi) is 4.77. The molecule has 0 bridgehead atoms. The van der Waals surface area contributed by atoms with Crippen LogP contribution in [0.15, 0.2) is 39.7 Å². The summed E-state index contributed by atoms with van der Waals surface area (Å²) in [6.45, 7) is 1.68. The normalized spacial score (nSPS) is 17.7. The first-order chi connectivity index (χ1) is 15.0. The molecule has 1 saturated heterocycles. The lowest BCUT2D eigenvalue weighted by Crippen LogP contribution is -2.49. The summed E-state index contributed by atoms with van der Waals surface area (Å²) in [5.41, 5.74) is 2.69. The number of hydrogen-bond donors (Lipinski definition) is 0. The van der Waals surface area contributed by atoms with Gasteiger partial charge in [0.25, 0.3) is 0 Å². The molecule has 1 amide bonds. The molecule has 162 valence electrons. The Morgan fingerprint density at radius 3 is 2.77 bits per heavy atom. The summed E-state index contributed by atoms with van der Waals surface area (Å²) in [7, 11) is 3.84. The SMILES string of the molecule is CN(C)c1ncc2c(n1)C1(CCN(C(=O)Cn3c(=O)oc4ccccc43)CC1)OCC2. The minimum atomic E-state index is -0.513. The fourth-order valence-corrected chi connectivity index (χ4v) is 4.51. The molecule has 9 nitrogen and oxygen atoms in total. The van der Waals surface area contributed by atoms with Crippen molar-refractivity contribution in [3.05, 3.63) is 52.3 Å². The van der Waals surface area contributed by atoms with Gasteiger partial charge in [0.15, 0.2) is 5.58 Å². The lowest BCUT2D eigenvalue weighted by atomic mass is 9.83. The summed E-state index contributed by atoms with van der Waals surface area (Å²) >= 11 is 0. The molecule has 0 radical (unpaired) electrons. The van der Waals surface area contributed by atoms with Crippen LogP contribution < -0.4 is 10.7 Å².